The molecule has 0 aliphatic heterocycles. The maximum atomic E-state index is 12.2. The van der Waals surface area contributed by atoms with E-state index in [9.17, 15) is 9.59 Å². The molecule has 0 fully saturated rings. The van der Waals surface area contributed by atoms with Crippen molar-refractivity contribution in [3.63, 3.8) is 0 Å². The monoisotopic (exact) mass is 388 g/mol. The molecule has 0 aromatic heterocycles. The number of nitrogens with one attached hydrogen (secondary N) is 2. The highest BCUT2D eigenvalue weighted by Crippen LogP contribution is 2.25. The molecule has 0 spiro atoms. The van der Waals surface area contributed by atoms with E-state index in [1.807, 2.05) is 6.07 Å². The first-order valence-corrected chi connectivity index (χ1v) is 8.61. The van der Waals surface area contributed by atoms with E-state index in [1.165, 1.54) is 21.3 Å². The molecule has 8 heteroatoms. The van der Waals surface area contributed by atoms with Gasteiger partial charge < -0.3 is 29.6 Å². The van der Waals surface area contributed by atoms with E-state index >= 15 is 0 Å². The Hall–Kier alpha value is -3.42. The third kappa shape index (κ3) is 6.08. The lowest BCUT2D eigenvalue weighted by Crippen LogP contribution is -2.36. The highest BCUT2D eigenvalue weighted by atomic mass is 16.5. The van der Waals surface area contributed by atoms with Crippen molar-refractivity contribution in [3.8, 4) is 23.0 Å². The van der Waals surface area contributed by atoms with Crippen LogP contribution in [0, 0.1) is 0 Å². The number of rotatable bonds is 10. The lowest BCUT2D eigenvalue weighted by molar-refractivity contribution is -0.123. The summed E-state index contributed by atoms with van der Waals surface area (Å²) in [5, 5.41) is 5.40. The van der Waals surface area contributed by atoms with E-state index < -0.39 is 0 Å². The standard InChI is InChI=1S/C20H24N2O6/c1-25-15-10-14(11-16(12-15)26-2)20(24)22-9-8-21-19(23)13-28-18-7-5-4-6-17(18)27-3/h4-7,10-12H,8-9,13H2,1-3H3,(H,21,23)(H,22,24). The number of carbonyl (C=O) groups excluding carboxylic acids is 2. The van der Waals surface area contributed by atoms with Gasteiger partial charge in [-0.1, -0.05) is 12.1 Å². The molecule has 0 unspecified atom stereocenters. The van der Waals surface area contributed by atoms with Crippen LogP contribution in [0.1, 0.15) is 10.4 Å². The second-order valence-corrected chi connectivity index (χ2v) is 5.65. The maximum Gasteiger partial charge on any atom is 0.258 e. The summed E-state index contributed by atoms with van der Waals surface area (Å²) in [6.45, 7) is 0.376. The van der Waals surface area contributed by atoms with Gasteiger partial charge in [0.05, 0.1) is 21.3 Å². The molecule has 8 nitrogen and oxygen atoms in total. The predicted octanol–water partition coefficient (Wildman–Crippen LogP) is 1.64. The highest BCUT2D eigenvalue weighted by molar-refractivity contribution is 5.95. The summed E-state index contributed by atoms with van der Waals surface area (Å²) in [7, 11) is 4.56. The highest BCUT2D eigenvalue weighted by Gasteiger charge is 2.10. The molecule has 0 aliphatic carbocycles. The largest absolute Gasteiger partial charge is 0.497 e. The van der Waals surface area contributed by atoms with Gasteiger partial charge in [0, 0.05) is 24.7 Å². The Morgan fingerprint density at radius 2 is 1.43 bits per heavy atom. The van der Waals surface area contributed by atoms with Crippen LogP contribution >= 0.6 is 0 Å². The summed E-state index contributed by atoms with van der Waals surface area (Å²) < 4.78 is 20.9. The van der Waals surface area contributed by atoms with Crippen LogP contribution in [0.4, 0.5) is 0 Å². The van der Waals surface area contributed by atoms with Gasteiger partial charge in [0.2, 0.25) is 0 Å². The molecule has 0 saturated carbocycles. The fourth-order valence-corrected chi connectivity index (χ4v) is 2.35. The Balaban J connectivity index is 1.74. The zero-order valence-electron chi connectivity index (χ0n) is 16.1. The van der Waals surface area contributed by atoms with Gasteiger partial charge in [-0.2, -0.15) is 0 Å². The Kier molecular flexibility index (Phi) is 7.95. The Labute approximate surface area is 163 Å². The minimum Gasteiger partial charge on any atom is -0.497 e. The minimum absolute atomic E-state index is 0.151. The van der Waals surface area contributed by atoms with Crippen LogP contribution in [-0.4, -0.2) is 52.8 Å². The van der Waals surface area contributed by atoms with Gasteiger partial charge in [0.25, 0.3) is 11.8 Å². The van der Waals surface area contributed by atoms with E-state index in [1.54, 1.807) is 36.4 Å². The van der Waals surface area contributed by atoms with Crippen LogP contribution in [0.2, 0.25) is 0 Å². The van der Waals surface area contributed by atoms with E-state index in [-0.39, 0.29) is 31.5 Å². The van der Waals surface area contributed by atoms with E-state index in [0.29, 0.717) is 28.6 Å². The molecule has 2 aromatic carbocycles. The zero-order valence-corrected chi connectivity index (χ0v) is 16.1. The van der Waals surface area contributed by atoms with Crippen LogP contribution in [-0.2, 0) is 4.79 Å². The Morgan fingerprint density at radius 3 is 2.04 bits per heavy atom. The zero-order chi connectivity index (χ0) is 20.4. The SMILES string of the molecule is COc1cc(OC)cc(C(=O)NCCNC(=O)COc2ccccc2OC)c1. The van der Waals surface area contributed by atoms with Crippen LogP contribution in [0.3, 0.4) is 0 Å². The van der Waals surface area contributed by atoms with Gasteiger partial charge in [-0.05, 0) is 24.3 Å². The fourth-order valence-electron chi connectivity index (χ4n) is 2.35. The summed E-state index contributed by atoms with van der Waals surface area (Å²) in [5.41, 5.74) is 0.405. The summed E-state index contributed by atoms with van der Waals surface area (Å²) in [6.07, 6.45) is 0. The summed E-state index contributed by atoms with van der Waals surface area (Å²) in [6, 6.07) is 12.0. The van der Waals surface area contributed by atoms with E-state index in [2.05, 4.69) is 10.6 Å². The molecule has 0 atom stereocenters. The third-order valence-electron chi connectivity index (χ3n) is 3.77. The van der Waals surface area contributed by atoms with Gasteiger partial charge in [-0.15, -0.1) is 0 Å². The quantitative estimate of drug-likeness (QED) is 0.601. The first kappa shape index (κ1) is 20.9. The smallest absolute Gasteiger partial charge is 0.258 e. The first-order chi connectivity index (χ1) is 13.6. The second kappa shape index (κ2) is 10.7. The molecular formula is C20H24N2O6. The van der Waals surface area contributed by atoms with Crippen molar-refractivity contribution >= 4 is 11.8 Å². The van der Waals surface area contributed by atoms with Crippen molar-refractivity contribution in [2.45, 2.75) is 0 Å². The van der Waals surface area contributed by atoms with Gasteiger partial charge in [0.1, 0.15) is 11.5 Å². The van der Waals surface area contributed by atoms with Crippen molar-refractivity contribution in [3.05, 3.63) is 48.0 Å². The molecular weight excluding hydrogens is 364 g/mol. The Bertz CT molecular complexity index is 787. The number of hydrogen-bond donors (Lipinski definition) is 2. The number of hydrogen-bond acceptors (Lipinski definition) is 6. The van der Waals surface area contributed by atoms with Gasteiger partial charge >= 0.3 is 0 Å². The minimum atomic E-state index is -0.303. The van der Waals surface area contributed by atoms with Crippen molar-refractivity contribution < 1.29 is 28.5 Å². The second-order valence-electron chi connectivity index (χ2n) is 5.65. The molecule has 2 rings (SSSR count). The van der Waals surface area contributed by atoms with E-state index in [4.69, 9.17) is 18.9 Å². The molecule has 0 bridgehead atoms. The van der Waals surface area contributed by atoms with Crippen LogP contribution < -0.4 is 29.6 Å². The van der Waals surface area contributed by atoms with Gasteiger partial charge in [-0.3, -0.25) is 9.59 Å². The molecule has 0 saturated heterocycles. The summed E-state index contributed by atoms with van der Waals surface area (Å²) >= 11 is 0. The number of ether oxygens (including phenoxy) is 4. The van der Waals surface area contributed by atoms with Crippen molar-refractivity contribution in [2.24, 2.45) is 0 Å². The Morgan fingerprint density at radius 1 is 0.821 bits per heavy atom. The van der Waals surface area contributed by atoms with Crippen molar-refractivity contribution in [1.82, 2.24) is 10.6 Å². The van der Waals surface area contributed by atoms with Crippen LogP contribution in [0.25, 0.3) is 0 Å². The molecule has 0 aliphatic rings. The third-order valence-corrected chi connectivity index (χ3v) is 3.77. The molecule has 2 amide bonds. The number of benzene rings is 2. The van der Waals surface area contributed by atoms with Gasteiger partial charge in [0.15, 0.2) is 18.1 Å². The molecule has 150 valence electrons. The van der Waals surface area contributed by atoms with Gasteiger partial charge in [-0.25, -0.2) is 0 Å². The number of amides is 2. The van der Waals surface area contributed by atoms with Crippen molar-refractivity contribution in [2.75, 3.05) is 41.0 Å². The molecule has 2 N–H and O–H groups in total. The van der Waals surface area contributed by atoms with Crippen LogP contribution in [0.15, 0.2) is 42.5 Å². The normalized spacial score (nSPS) is 9.96. The van der Waals surface area contributed by atoms with E-state index in [0.717, 1.165) is 0 Å². The number of methoxy groups -OCH3 is 3. The summed E-state index contributed by atoms with van der Waals surface area (Å²) in [5.74, 6) is 1.48. The average Bonchev–Trinajstić information content (AvgIpc) is 2.74. The molecule has 2 aromatic rings. The molecule has 0 heterocycles. The summed E-state index contributed by atoms with van der Waals surface area (Å²) in [4.78, 5) is 24.1. The van der Waals surface area contributed by atoms with Crippen molar-refractivity contribution in [1.29, 1.82) is 0 Å². The fraction of sp³-hybridized carbons (Fsp3) is 0.300. The lowest BCUT2D eigenvalue weighted by Gasteiger charge is -2.11. The topological polar surface area (TPSA) is 95.1 Å². The number of carbonyl (C=O) groups is 2. The average molecular weight is 388 g/mol. The maximum absolute atomic E-state index is 12.2. The van der Waals surface area contributed by atoms with Crippen LogP contribution in [0.5, 0.6) is 23.0 Å². The first-order valence-electron chi connectivity index (χ1n) is 8.61. The predicted molar refractivity (Wildman–Crippen MR) is 103 cm³/mol. The molecule has 0 radical (unpaired) electrons. The molecule has 28 heavy (non-hydrogen) atoms. The number of para-hydroxylation sites is 2. The lowest BCUT2D eigenvalue weighted by atomic mass is 10.2.